The maximum Gasteiger partial charge on any atom is 0.347 e. The van der Waals surface area contributed by atoms with E-state index < -0.39 is 12.1 Å². The lowest BCUT2D eigenvalue weighted by molar-refractivity contribution is -0.154. The minimum atomic E-state index is -0.728. The Hall–Kier alpha value is -2.53. The first-order chi connectivity index (χ1) is 12.3. The molecule has 0 aromatic heterocycles. The highest BCUT2D eigenvalue weighted by Gasteiger charge is 2.18. The highest BCUT2D eigenvalue weighted by molar-refractivity contribution is 6.30. The number of carbonyl (C=O) groups is 2. The molecule has 0 aliphatic carbocycles. The summed E-state index contributed by atoms with van der Waals surface area (Å²) in [6.45, 7) is 7.05. The van der Waals surface area contributed by atoms with E-state index in [2.05, 4.69) is 5.32 Å². The Morgan fingerprint density at radius 1 is 1.04 bits per heavy atom. The first-order valence-electron chi connectivity index (χ1n) is 8.31. The lowest BCUT2D eigenvalue weighted by Crippen LogP contribution is -2.28. The highest BCUT2D eigenvalue weighted by atomic mass is 35.5. The van der Waals surface area contributed by atoms with Gasteiger partial charge in [-0.05, 0) is 75.7 Å². The molecule has 0 spiro atoms. The Kier molecular flexibility index (Phi) is 6.64. The van der Waals surface area contributed by atoms with Gasteiger partial charge in [-0.15, -0.1) is 0 Å². The smallest absolute Gasteiger partial charge is 0.347 e. The van der Waals surface area contributed by atoms with Crippen molar-refractivity contribution in [1.29, 1.82) is 0 Å². The molecule has 0 saturated heterocycles. The van der Waals surface area contributed by atoms with E-state index in [4.69, 9.17) is 21.1 Å². The number of halogens is 1. The Labute approximate surface area is 158 Å². The van der Waals surface area contributed by atoms with Crippen LogP contribution in [-0.2, 0) is 9.53 Å². The summed E-state index contributed by atoms with van der Waals surface area (Å²) in [6.07, 6.45) is -0.926. The summed E-state index contributed by atoms with van der Waals surface area (Å²) >= 11 is 5.92. The van der Waals surface area contributed by atoms with Crippen LogP contribution in [0.1, 0.15) is 36.7 Å². The van der Waals surface area contributed by atoms with Crippen molar-refractivity contribution in [3.63, 3.8) is 0 Å². The molecule has 2 aromatic rings. The SMILES string of the molecule is Cc1cc(Cl)ccc1NC(=O)c1ccc(OC(C)C(=O)OC(C)C)cc1. The summed E-state index contributed by atoms with van der Waals surface area (Å²) in [7, 11) is 0. The average Bonchev–Trinajstić information content (AvgIpc) is 2.57. The monoisotopic (exact) mass is 375 g/mol. The molecular weight excluding hydrogens is 354 g/mol. The van der Waals surface area contributed by atoms with E-state index in [-0.39, 0.29) is 12.0 Å². The highest BCUT2D eigenvalue weighted by Crippen LogP contribution is 2.21. The summed E-state index contributed by atoms with van der Waals surface area (Å²) in [6, 6.07) is 11.8. The van der Waals surface area contributed by atoms with Gasteiger partial charge in [-0.2, -0.15) is 0 Å². The van der Waals surface area contributed by atoms with E-state index in [0.717, 1.165) is 5.56 Å². The van der Waals surface area contributed by atoms with Crippen LogP contribution >= 0.6 is 11.6 Å². The van der Waals surface area contributed by atoms with Crippen molar-refractivity contribution in [1.82, 2.24) is 0 Å². The summed E-state index contributed by atoms with van der Waals surface area (Å²) in [5.74, 6) is -0.188. The Balaban J connectivity index is 2.00. The van der Waals surface area contributed by atoms with Crippen LogP contribution in [0.25, 0.3) is 0 Å². The first kappa shape index (κ1) is 19.8. The molecule has 0 heterocycles. The minimum absolute atomic E-state index is 0.198. The number of benzene rings is 2. The quantitative estimate of drug-likeness (QED) is 0.748. The van der Waals surface area contributed by atoms with Gasteiger partial charge in [0.15, 0.2) is 6.10 Å². The Morgan fingerprint density at radius 3 is 2.27 bits per heavy atom. The molecule has 1 atom stereocenters. The van der Waals surface area contributed by atoms with Crippen LogP contribution in [0.2, 0.25) is 5.02 Å². The largest absolute Gasteiger partial charge is 0.479 e. The predicted octanol–water partition coefficient (Wildman–Crippen LogP) is 4.62. The van der Waals surface area contributed by atoms with E-state index in [0.29, 0.717) is 22.0 Å². The molecule has 0 bridgehead atoms. The molecule has 0 aliphatic heterocycles. The summed E-state index contributed by atoms with van der Waals surface area (Å²) < 4.78 is 10.6. The molecule has 2 aromatic carbocycles. The van der Waals surface area contributed by atoms with Crippen molar-refractivity contribution in [2.45, 2.75) is 39.9 Å². The molecule has 0 aliphatic rings. The van der Waals surface area contributed by atoms with Crippen LogP contribution in [0.5, 0.6) is 5.75 Å². The fourth-order valence-electron chi connectivity index (χ4n) is 2.23. The minimum Gasteiger partial charge on any atom is -0.479 e. The van der Waals surface area contributed by atoms with Gasteiger partial charge in [0.05, 0.1) is 6.10 Å². The Morgan fingerprint density at radius 2 is 1.69 bits per heavy atom. The average molecular weight is 376 g/mol. The molecule has 1 unspecified atom stereocenters. The predicted molar refractivity (Wildman–Crippen MR) is 102 cm³/mol. The van der Waals surface area contributed by atoms with Crippen molar-refractivity contribution >= 4 is 29.2 Å². The third-order valence-corrected chi connectivity index (χ3v) is 3.78. The number of aryl methyl sites for hydroxylation is 1. The maximum absolute atomic E-state index is 12.4. The second kappa shape index (κ2) is 8.72. The molecule has 0 fully saturated rings. The van der Waals surface area contributed by atoms with Gasteiger partial charge < -0.3 is 14.8 Å². The fraction of sp³-hybridized carbons (Fsp3) is 0.300. The third kappa shape index (κ3) is 5.49. The van der Waals surface area contributed by atoms with Gasteiger partial charge in [-0.1, -0.05) is 11.6 Å². The number of ether oxygens (including phenoxy) is 2. The number of carbonyl (C=O) groups excluding carboxylic acids is 2. The molecule has 26 heavy (non-hydrogen) atoms. The molecule has 6 heteroatoms. The topological polar surface area (TPSA) is 64.6 Å². The lowest BCUT2D eigenvalue weighted by Gasteiger charge is -2.16. The van der Waals surface area contributed by atoms with Gasteiger partial charge >= 0.3 is 5.97 Å². The van der Waals surface area contributed by atoms with E-state index in [1.54, 1.807) is 63.2 Å². The van der Waals surface area contributed by atoms with Gasteiger partial charge in [0, 0.05) is 16.3 Å². The number of nitrogens with one attached hydrogen (secondary N) is 1. The van der Waals surface area contributed by atoms with Gasteiger partial charge in [0.1, 0.15) is 5.75 Å². The number of anilines is 1. The van der Waals surface area contributed by atoms with Crippen molar-refractivity contribution < 1.29 is 19.1 Å². The van der Waals surface area contributed by atoms with E-state index in [1.165, 1.54) is 0 Å². The zero-order valence-electron chi connectivity index (χ0n) is 15.2. The number of rotatable bonds is 6. The number of hydrogen-bond acceptors (Lipinski definition) is 4. The fourth-order valence-corrected chi connectivity index (χ4v) is 2.45. The molecular formula is C20H22ClNO4. The zero-order valence-corrected chi connectivity index (χ0v) is 16.0. The molecule has 2 rings (SSSR count). The van der Waals surface area contributed by atoms with Gasteiger partial charge in [-0.25, -0.2) is 4.79 Å². The second-order valence-corrected chi connectivity index (χ2v) is 6.62. The van der Waals surface area contributed by atoms with Crippen LogP contribution in [0, 0.1) is 6.92 Å². The first-order valence-corrected chi connectivity index (χ1v) is 8.68. The van der Waals surface area contributed by atoms with E-state index in [1.807, 2.05) is 6.92 Å². The van der Waals surface area contributed by atoms with Crippen LogP contribution in [0.15, 0.2) is 42.5 Å². The van der Waals surface area contributed by atoms with E-state index in [9.17, 15) is 9.59 Å². The van der Waals surface area contributed by atoms with Crippen molar-refractivity contribution in [3.05, 3.63) is 58.6 Å². The Bertz CT molecular complexity index is 787. The van der Waals surface area contributed by atoms with Crippen LogP contribution in [0.4, 0.5) is 5.69 Å². The summed E-state index contributed by atoms with van der Waals surface area (Å²) in [5, 5.41) is 3.46. The molecule has 138 valence electrons. The van der Waals surface area contributed by atoms with Crippen molar-refractivity contribution in [2.24, 2.45) is 0 Å². The zero-order chi connectivity index (χ0) is 19.3. The molecule has 1 amide bonds. The van der Waals surface area contributed by atoms with Crippen LogP contribution in [0.3, 0.4) is 0 Å². The standard InChI is InChI=1S/C20H22ClNO4/c1-12(2)25-20(24)14(4)26-17-8-5-15(6-9-17)19(23)22-18-10-7-16(21)11-13(18)3/h5-12,14H,1-4H3,(H,22,23). The van der Waals surface area contributed by atoms with Gasteiger partial charge in [0.2, 0.25) is 0 Å². The molecule has 0 saturated carbocycles. The maximum atomic E-state index is 12.4. The lowest BCUT2D eigenvalue weighted by atomic mass is 10.1. The summed E-state index contributed by atoms with van der Waals surface area (Å²) in [5.41, 5.74) is 2.05. The van der Waals surface area contributed by atoms with Gasteiger partial charge in [0.25, 0.3) is 5.91 Å². The third-order valence-electron chi connectivity index (χ3n) is 3.55. The summed E-state index contributed by atoms with van der Waals surface area (Å²) in [4.78, 5) is 24.1. The van der Waals surface area contributed by atoms with Crippen molar-refractivity contribution in [2.75, 3.05) is 5.32 Å². The van der Waals surface area contributed by atoms with Gasteiger partial charge in [-0.3, -0.25) is 4.79 Å². The number of amides is 1. The normalized spacial score (nSPS) is 11.8. The molecule has 1 N–H and O–H groups in total. The molecule has 5 nitrogen and oxygen atoms in total. The second-order valence-electron chi connectivity index (χ2n) is 6.18. The molecule has 0 radical (unpaired) electrons. The van der Waals surface area contributed by atoms with Crippen LogP contribution in [-0.4, -0.2) is 24.1 Å². The number of hydrogen-bond donors (Lipinski definition) is 1. The van der Waals surface area contributed by atoms with Crippen LogP contribution < -0.4 is 10.1 Å². The van der Waals surface area contributed by atoms with Crippen molar-refractivity contribution in [3.8, 4) is 5.75 Å². The van der Waals surface area contributed by atoms with E-state index >= 15 is 0 Å². The number of esters is 1.